The van der Waals surface area contributed by atoms with E-state index in [9.17, 15) is 17.2 Å². The number of nitrogens with one attached hydrogen (secondary N) is 1. The van der Waals surface area contributed by atoms with E-state index in [0.29, 0.717) is 32.9 Å². The predicted octanol–water partition coefficient (Wildman–Crippen LogP) is 5.44. The maximum atomic E-state index is 13.8. The summed E-state index contributed by atoms with van der Waals surface area (Å²) in [5.74, 6) is -2.07. The van der Waals surface area contributed by atoms with Crippen LogP contribution >= 0.6 is 23.2 Å². The summed E-state index contributed by atoms with van der Waals surface area (Å²) in [4.78, 5) is 3.52. The average Bonchev–Trinajstić information content (AvgIpc) is 2.55. The molecule has 140 valence electrons. The van der Waals surface area contributed by atoms with Crippen molar-refractivity contribution < 1.29 is 17.2 Å². The first-order chi connectivity index (χ1) is 12.7. The maximum absolute atomic E-state index is 13.8. The summed E-state index contributed by atoms with van der Waals surface area (Å²) in [6, 6.07) is 10.3. The fourth-order valence-corrected chi connectivity index (χ4v) is 4.07. The number of benzene rings is 2. The molecule has 9 heteroatoms. The van der Waals surface area contributed by atoms with Gasteiger partial charge in [-0.15, -0.1) is 0 Å². The number of hydrogen-bond donors (Lipinski definition) is 1. The summed E-state index contributed by atoms with van der Waals surface area (Å²) in [6.07, 6.45) is 0. The molecule has 0 fully saturated rings. The third kappa shape index (κ3) is 4.21. The summed E-state index contributed by atoms with van der Waals surface area (Å²) in [5, 5.41) is 0.911. The van der Waals surface area contributed by atoms with Crippen molar-refractivity contribution in [3.63, 3.8) is 0 Å². The van der Waals surface area contributed by atoms with Crippen LogP contribution in [0.4, 0.5) is 14.6 Å². The molecule has 0 amide bonds. The van der Waals surface area contributed by atoms with Crippen LogP contribution in [0.3, 0.4) is 0 Å². The van der Waals surface area contributed by atoms with E-state index in [1.807, 2.05) is 0 Å². The van der Waals surface area contributed by atoms with E-state index < -0.39 is 26.6 Å². The number of rotatable bonds is 4. The number of pyridine rings is 1. The van der Waals surface area contributed by atoms with E-state index in [1.54, 1.807) is 31.2 Å². The normalized spacial score (nSPS) is 11.4. The third-order valence-electron chi connectivity index (χ3n) is 3.73. The summed E-state index contributed by atoms with van der Waals surface area (Å²) in [5.41, 5.74) is 1.87. The smallest absolute Gasteiger partial charge is 0.263 e. The molecule has 2 aromatic carbocycles. The molecule has 0 saturated carbocycles. The number of aryl methyl sites for hydroxylation is 1. The molecule has 0 unspecified atom stereocenters. The first-order valence-corrected chi connectivity index (χ1v) is 9.82. The van der Waals surface area contributed by atoms with Crippen molar-refractivity contribution in [2.75, 3.05) is 4.72 Å². The lowest BCUT2D eigenvalue weighted by atomic mass is 10.0. The largest absolute Gasteiger partial charge is 0.265 e. The van der Waals surface area contributed by atoms with E-state index in [4.69, 9.17) is 23.2 Å². The van der Waals surface area contributed by atoms with Gasteiger partial charge in [-0.05, 0) is 43.3 Å². The van der Waals surface area contributed by atoms with Crippen molar-refractivity contribution in [1.82, 2.24) is 4.98 Å². The van der Waals surface area contributed by atoms with E-state index in [1.165, 1.54) is 6.07 Å². The fraction of sp³-hybridized carbons (Fsp3) is 0.0556. The van der Waals surface area contributed by atoms with Gasteiger partial charge in [-0.25, -0.2) is 22.2 Å². The van der Waals surface area contributed by atoms with E-state index >= 15 is 0 Å². The monoisotopic (exact) mass is 428 g/mol. The minimum atomic E-state index is -4.27. The van der Waals surface area contributed by atoms with Gasteiger partial charge in [0.05, 0.1) is 0 Å². The Morgan fingerprint density at radius 3 is 2.30 bits per heavy atom. The molecular weight excluding hydrogens is 417 g/mol. The summed E-state index contributed by atoms with van der Waals surface area (Å²) < 4.78 is 53.6. The number of hydrogen-bond acceptors (Lipinski definition) is 3. The quantitative estimate of drug-likeness (QED) is 0.601. The molecule has 0 bridgehead atoms. The van der Waals surface area contributed by atoms with Crippen LogP contribution in [0.15, 0.2) is 53.4 Å². The third-order valence-corrected chi connectivity index (χ3v) is 5.67. The molecule has 1 heterocycles. The minimum Gasteiger partial charge on any atom is -0.263 e. The molecule has 0 saturated heterocycles. The highest BCUT2D eigenvalue weighted by molar-refractivity contribution is 7.92. The van der Waals surface area contributed by atoms with Crippen molar-refractivity contribution >= 4 is 39.0 Å². The fourth-order valence-electron chi connectivity index (χ4n) is 2.50. The highest BCUT2D eigenvalue weighted by atomic mass is 35.5. The standard InChI is InChI=1S/C18H12Cl2F2N2O2S/c1-10-13(14-4-2-11(19)8-15(14)20)5-7-18(23-10)24-27(25,26)17-6-3-12(21)9-16(17)22/h2-9H,1H3,(H,23,24). The lowest BCUT2D eigenvalue weighted by molar-refractivity contribution is 0.551. The zero-order valence-electron chi connectivity index (χ0n) is 13.8. The van der Waals surface area contributed by atoms with Gasteiger partial charge in [0.1, 0.15) is 22.3 Å². The van der Waals surface area contributed by atoms with Gasteiger partial charge in [0, 0.05) is 32.9 Å². The molecule has 3 rings (SSSR count). The molecule has 3 aromatic rings. The van der Waals surface area contributed by atoms with Crippen LogP contribution in [-0.4, -0.2) is 13.4 Å². The molecular formula is C18H12Cl2F2N2O2S. The molecule has 1 aromatic heterocycles. The highest BCUT2D eigenvalue weighted by Crippen LogP contribution is 2.32. The summed E-state index contributed by atoms with van der Waals surface area (Å²) in [6.45, 7) is 1.68. The maximum Gasteiger partial charge on any atom is 0.265 e. The number of nitrogens with zero attached hydrogens (tertiary/aromatic N) is 1. The molecule has 0 radical (unpaired) electrons. The van der Waals surface area contributed by atoms with E-state index in [2.05, 4.69) is 9.71 Å². The van der Waals surface area contributed by atoms with Crippen LogP contribution in [-0.2, 0) is 10.0 Å². The Bertz CT molecular complexity index is 1140. The van der Waals surface area contributed by atoms with E-state index in [-0.39, 0.29) is 5.82 Å². The van der Waals surface area contributed by atoms with Crippen LogP contribution < -0.4 is 4.72 Å². The van der Waals surface area contributed by atoms with Crippen LogP contribution in [0.1, 0.15) is 5.69 Å². The SMILES string of the molecule is Cc1nc(NS(=O)(=O)c2ccc(F)cc2F)ccc1-c1ccc(Cl)cc1Cl. The van der Waals surface area contributed by atoms with Crippen molar-refractivity contribution in [1.29, 1.82) is 0 Å². The molecule has 27 heavy (non-hydrogen) atoms. The second-order valence-corrected chi connectivity index (χ2v) is 8.13. The molecule has 1 N–H and O–H groups in total. The first kappa shape index (κ1) is 19.5. The van der Waals surface area contributed by atoms with E-state index in [0.717, 1.165) is 12.1 Å². The highest BCUT2D eigenvalue weighted by Gasteiger charge is 2.20. The van der Waals surface area contributed by atoms with Crippen molar-refractivity contribution in [3.05, 3.63) is 75.9 Å². The van der Waals surface area contributed by atoms with Gasteiger partial charge in [0.15, 0.2) is 0 Å². The van der Waals surface area contributed by atoms with Gasteiger partial charge in [-0.2, -0.15) is 0 Å². The van der Waals surface area contributed by atoms with Crippen LogP contribution in [0.2, 0.25) is 10.0 Å². The number of anilines is 1. The Morgan fingerprint density at radius 1 is 0.963 bits per heavy atom. The Labute approximate surface area is 164 Å². The molecule has 4 nitrogen and oxygen atoms in total. The van der Waals surface area contributed by atoms with Crippen molar-refractivity contribution in [2.24, 2.45) is 0 Å². The lowest BCUT2D eigenvalue weighted by Crippen LogP contribution is -2.16. The second kappa shape index (κ2) is 7.42. The second-order valence-electron chi connectivity index (χ2n) is 5.63. The Kier molecular flexibility index (Phi) is 5.37. The topological polar surface area (TPSA) is 59.1 Å². The molecule has 0 aliphatic heterocycles. The summed E-state index contributed by atoms with van der Waals surface area (Å²) in [7, 11) is -4.27. The summed E-state index contributed by atoms with van der Waals surface area (Å²) >= 11 is 12.1. The zero-order valence-corrected chi connectivity index (χ0v) is 16.1. The Hall–Kier alpha value is -2.22. The molecule has 0 atom stereocenters. The van der Waals surface area contributed by atoms with Crippen molar-refractivity contribution in [2.45, 2.75) is 11.8 Å². The van der Waals surface area contributed by atoms with Gasteiger partial charge < -0.3 is 0 Å². The average molecular weight is 429 g/mol. The van der Waals surface area contributed by atoms with Gasteiger partial charge in [-0.1, -0.05) is 29.3 Å². The lowest BCUT2D eigenvalue weighted by Gasteiger charge is -2.12. The molecule has 0 aliphatic rings. The number of sulfonamides is 1. The van der Waals surface area contributed by atoms with Gasteiger partial charge in [-0.3, -0.25) is 4.72 Å². The van der Waals surface area contributed by atoms with Crippen LogP contribution in [0, 0.1) is 18.6 Å². The number of aromatic nitrogens is 1. The predicted molar refractivity (Wildman–Crippen MR) is 102 cm³/mol. The number of halogens is 4. The Balaban J connectivity index is 1.94. The Morgan fingerprint density at radius 2 is 1.67 bits per heavy atom. The zero-order chi connectivity index (χ0) is 19.8. The van der Waals surface area contributed by atoms with Crippen LogP contribution in [0.5, 0.6) is 0 Å². The van der Waals surface area contributed by atoms with Crippen LogP contribution in [0.25, 0.3) is 11.1 Å². The minimum absolute atomic E-state index is 0.00920. The van der Waals surface area contributed by atoms with Gasteiger partial charge in [0.2, 0.25) is 0 Å². The van der Waals surface area contributed by atoms with Crippen molar-refractivity contribution in [3.8, 4) is 11.1 Å². The molecule has 0 aliphatic carbocycles. The first-order valence-electron chi connectivity index (χ1n) is 7.58. The van der Waals surface area contributed by atoms with Gasteiger partial charge >= 0.3 is 0 Å². The molecule has 0 spiro atoms. The van der Waals surface area contributed by atoms with Gasteiger partial charge in [0.25, 0.3) is 10.0 Å².